The van der Waals surface area contributed by atoms with Gasteiger partial charge in [-0.3, -0.25) is 0 Å². The minimum absolute atomic E-state index is 0.142. The smallest absolute Gasteiger partial charge is 0.151 e. The highest BCUT2D eigenvalue weighted by molar-refractivity contribution is 5.36. The molecule has 0 saturated carbocycles. The predicted octanol–water partition coefficient (Wildman–Crippen LogP) is 0.604. The maximum Gasteiger partial charge on any atom is 0.151 e. The van der Waals surface area contributed by atoms with Gasteiger partial charge in [0.15, 0.2) is 5.82 Å². The number of aliphatic hydroxyl groups is 1. The van der Waals surface area contributed by atoms with Gasteiger partial charge in [-0.2, -0.15) is 5.10 Å². The standard InChI is InChI=1S/C9H15N3O/c1-3-12(6-7-13)9-5-4-8(2)10-11-9/h4-5,13H,3,6-7H2,1-2H3. The van der Waals surface area contributed by atoms with Crippen molar-refractivity contribution < 1.29 is 5.11 Å². The van der Waals surface area contributed by atoms with Crippen molar-refractivity contribution in [3.05, 3.63) is 17.8 Å². The van der Waals surface area contributed by atoms with Crippen LogP contribution in [-0.2, 0) is 0 Å². The van der Waals surface area contributed by atoms with Gasteiger partial charge < -0.3 is 10.0 Å². The van der Waals surface area contributed by atoms with E-state index >= 15 is 0 Å². The highest BCUT2D eigenvalue weighted by atomic mass is 16.3. The van der Waals surface area contributed by atoms with E-state index in [0.717, 1.165) is 18.1 Å². The predicted molar refractivity (Wildman–Crippen MR) is 51.7 cm³/mol. The van der Waals surface area contributed by atoms with Crippen LogP contribution in [0.15, 0.2) is 12.1 Å². The molecule has 0 aliphatic rings. The first-order valence-electron chi connectivity index (χ1n) is 4.44. The second-order valence-electron chi connectivity index (χ2n) is 2.84. The van der Waals surface area contributed by atoms with Crippen LogP contribution in [-0.4, -0.2) is 35.0 Å². The fourth-order valence-electron chi connectivity index (χ4n) is 1.12. The Kier molecular flexibility index (Phi) is 3.64. The molecule has 4 nitrogen and oxygen atoms in total. The highest BCUT2D eigenvalue weighted by Gasteiger charge is 2.04. The zero-order valence-electron chi connectivity index (χ0n) is 8.06. The summed E-state index contributed by atoms with van der Waals surface area (Å²) in [6, 6.07) is 3.84. The monoisotopic (exact) mass is 181 g/mol. The Balaban J connectivity index is 2.73. The molecule has 0 fully saturated rings. The Hall–Kier alpha value is -1.16. The number of aryl methyl sites for hydroxylation is 1. The fourth-order valence-corrected chi connectivity index (χ4v) is 1.12. The SMILES string of the molecule is CCN(CCO)c1ccc(C)nn1. The summed E-state index contributed by atoms with van der Waals surface area (Å²) in [4.78, 5) is 1.98. The molecule has 0 aliphatic heterocycles. The first-order valence-corrected chi connectivity index (χ1v) is 4.44. The van der Waals surface area contributed by atoms with Crippen LogP contribution >= 0.6 is 0 Å². The van der Waals surface area contributed by atoms with E-state index in [1.165, 1.54) is 0 Å². The third-order valence-corrected chi connectivity index (χ3v) is 1.86. The molecule has 0 aromatic carbocycles. The summed E-state index contributed by atoms with van der Waals surface area (Å²) in [5.74, 6) is 0.821. The summed E-state index contributed by atoms with van der Waals surface area (Å²) < 4.78 is 0. The van der Waals surface area contributed by atoms with Gasteiger partial charge in [-0.05, 0) is 26.0 Å². The quantitative estimate of drug-likeness (QED) is 0.739. The Labute approximate surface area is 78.2 Å². The maximum absolute atomic E-state index is 8.79. The summed E-state index contributed by atoms with van der Waals surface area (Å²) >= 11 is 0. The van der Waals surface area contributed by atoms with Crippen LogP contribution < -0.4 is 4.90 Å². The number of nitrogens with zero attached hydrogens (tertiary/aromatic N) is 3. The number of anilines is 1. The van der Waals surface area contributed by atoms with Crippen LogP contribution in [0.3, 0.4) is 0 Å². The molecule has 1 aromatic heterocycles. The van der Waals surface area contributed by atoms with Gasteiger partial charge in [0.1, 0.15) is 0 Å². The summed E-state index contributed by atoms with van der Waals surface area (Å²) in [6.45, 7) is 5.51. The first kappa shape index (κ1) is 9.92. The van der Waals surface area contributed by atoms with Crippen molar-refractivity contribution in [3.8, 4) is 0 Å². The van der Waals surface area contributed by atoms with E-state index in [-0.39, 0.29) is 6.61 Å². The third-order valence-electron chi connectivity index (χ3n) is 1.86. The number of aromatic nitrogens is 2. The van der Waals surface area contributed by atoms with E-state index < -0.39 is 0 Å². The molecule has 13 heavy (non-hydrogen) atoms. The minimum atomic E-state index is 0.142. The average molecular weight is 181 g/mol. The molecule has 0 spiro atoms. The second kappa shape index (κ2) is 4.77. The van der Waals surface area contributed by atoms with Gasteiger partial charge in [-0.25, -0.2) is 0 Å². The van der Waals surface area contributed by atoms with Gasteiger partial charge in [0.05, 0.1) is 12.3 Å². The van der Waals surface area contributed by atoms with E-state index in [4.69, 9.17) is 5.11 Å². The molecule has 0 aliphatic carbocycles. The van der Waals surface area contributed by atoms with E-state index in [1.807, 2.05) is 30.9 Å². The van der Waals surface area contributed by atoms with E-state index in [9.17, 15) is 0 Å². The van der Waals surface area contributed by atoms with E-state index in [2.05, 4.69) is 10.2 Å². The van der Waals surface area contributed by atoms with Crippen molar-refractivity contribution in [2.24, 2.45) is 0 Å². The van der Waals surface area contributed by atoms with E-state index in [1.54, 1.807) is 0 Å². The lowest BCUT2D eigenvalue weighted by Crippen LogP contribution is -2.27. The molecule has 0 bridgehead atoms. The largest absolute Gasteiger partial charge is 0.395 e. The highest BCUT2D eigenvalue weighted by Crippen LogP contribution is 2.07. The van der Waals surface area contributed by atoms with Gasteiger partial charge in [0.25, 0.3) is 0 Å². The van der Waals surface area contributed by atoms with Crippen molar-refractivity contribution in [1.82, 2.24) is 10.2 Å². The third kappa shape index (κ3) is 2.66. The lowest BCUT2D eigenvalue weighted by molar-refractivity contribution is 0.302. The molecule has 0 unspecified atom stereocenters. The molecule has 1 rings (SSSR count). The molecule has 4 heteroatoms. The average Bonchev–Trinajstić information content (AvgIpc) is 2.16. The first-order chi connectivity index (χ1) is 6.27. The van der Waals surface area contributed by atoms with Crippen LogP contribution in [0.2, 0.25) is 0 Å². The number of hydrogen-bond donors (Lipinski definition) is 1. The van der Waals surface area contributed by atoms with Crippen molar-refractivity contribution in [3.63, 3.8) is 0 Å². The van der Waals surface area contributed by atoms with Gasteiger partial charge >= 0.3 is 0 Å². The summed E-state index contributed by atoms with van der Waals surface area (Å²) in [6.07, 6.45) is 0. The van der Waals surface area contributed by atoms with Gasteiger partial charge in [-0.15, -0.1) is 5.10 Å². The summed E-state index contributed by atoms with van der Waals surface area (Å²) in [5.41, 5.74) is 0.906. The van der Waals surface area contributed by atoms with Crippen LogP contribution in [0, 0.1) is 6.92 Å². The Morgan fingerprint density at radius 1 is 1.38 bits per heavy atom. The normalized spacial score (nSPS) is 10.1. The van der Waals surface area contributed by atoms with Crippen molar-refractivity contribution in [2.45, 2.75) is 13.8 Å². The zero-order chi connectivity index (χ0) is 9.68. The molecule has 0 amide bonds. The van der Waals surface area contributed by atoms with Crippen molar-refractivity contribution in [1.29, 1.82) is 0 Å². The number of hydrogen-bond acceptors (Lipinski definition) is 4. The van der Waals surface area contributed by atoms with Gasteiger partial charge in [0, 0.05) is 13.1 Å². The van der Waals surface area contributed by atoms with Crippen LogP contribution in [0.1, 0.15) is 12.6 Å². The van der Waals surface area contributed by atoms with Crippen LogP contribution in [0.25, 0.3) is 0 Å². The topological polar surface area (TPSA) is 49.2 Å². The molecule has 0 saturated heterocycles. The molecule has 1 heterocycles. The van der Waals surface area contributed by atoms with Crippen LogP contribution in [0.5, 0.6) is 0 Å². The van der Waals surface area contributed by atoms with Gasteiger partial charge in [-0.1, -0.05) is 0 Å². The Morgan fingerprint density at radius 3 is 2.62 bits per heavy atom. The molecular weight excluding hydrogens is 166 g/mol. The Bertz CT molecular complexity index is 248. The summed E-state index contributed by atoms with van der Waals surface area (Å²) in [7, 11) is 0. The van der Waals surface area contributed by atoms with Crippen molar-refractivity contribution in [2.75, 3.05) is 24.6 Å². The summed E-state index contributed by atoms with van der Waals surface area (Å²) in [5, 5.41) is 16.8. The number of likely N-dealkylation sites (N-methyl/N-ethyl adjacent to an activating group) is 1. The number of rotatable bonds is 4. The molecule has 0 radical (unpaired) electrons. The molecule has 1 aromatic rings. The molecular formula is C9H15N3O. The fraction of sp³-hybridized carbons (Fsp3) is 0.556. The molecule has 72 valence electrons. The maximum atomic E-state index is 8.79. The minimum Gasteiger partial charge on any atom is -0.395 e. The van der Waals surface area contributed by atoms with Crippen LogP contribution in [0.4, 0.5) is 5.82 Å². The van der Waals surface area contributed by atoms with Gasteiger partial charge in [0.2, 0.25) is 0 Å². The van der Waals surface area contributed by atoms with Crippen molar-refractivity contribution >= 4 is 5.82 Å². The second-order valence-corrected chi connectivity index (χ2v) is 2.84. The zero-order valence-corrected chi connectivity index (χ0v) is 8.06. The lowest BCUT2D eigenvalue weighted by Gasteiger charge is -2.19. The van der Waals surface area contributed by atoms with E-state index in [0.29, 0.717) is 6.54 Å². The lowest BCUT2D eigenvalue weighted by atomic mass is 10.4. The molecule has 0 atom stereocenters. The molecule has 1 N–H and O–H groups in total. The Morgan fingerprint density at radius 2 is 2.15 bits per heavy atom. The number of aliphatic hydroxyl groups excluding tert-OH is 1.